The summed E-state index contributed by atoms with van der Waals surface area (Å²) in [7, 11) is 0. The van der Waals surface area contributed by atoms with Crippen LogP contribution >= 0.6 is 0 Å². The maximum atomic E-state index is 13.0. The molecule has 1 unspecified atom stereocenters. The van der Waals surface area contributed by atoms with E-state index in [1.807, 2.05) is 26.0 Å². The van der Waals surface area contributed by atoms with Crippen LogP contribution in [-0.4, -0.2) is 20.0 Å². The zero-order chi connectivity index (χ0) is 20.3. The summed E-state index contributed by atoms with van der Waals surface area (Å²) >= 11 is 0. The minimum absolute atomic E-state index is 0.245. The number of fused-ring (bicyclic) bond motifs is 1. The van der Waals surface area contributed by atoms with E-state index in [1.165, 1.54) is 9.13 Å². The number of aromatic nitrogens is 3. The normalized spacial score (nSPS) is 12.1. The molecule has 28 heavy (non-hydrogen) atoms. The first-order chi connectivity index (χ1) is 13.5. The molecule has 0 saturated heterocycles. The Labute approximate surface area is 162 Å². The van der Waals surface area contributed by atoms with Gasteiger partial charge in [0.25, 0.3) is 5.56 Å². The van der Waals surface area contributed by atoms with Crippen molar-refractivity contribution in [3.63, 3.8) is 0 Å². The summed E-state index contributed by atoms with van der Waals surface area (Å²) in [6.07, 6.45) is 3.77. The van der Waals surface area contributed by atoms with Gasteiger partial charge >= 0.3 is 5.69 Å². The summed E-state index contributed by atoms with van der Waals surface area (Å²) in [6.45, 7) is 6.06. The van der Waals surface area contributed by atoms with Gasteiger partial charge in [-0.2, -0.15) is 0 Å². The van der Waals surface area contributed by atoms with Crippen LogP contribution in [0.5, 0.6) is 0 Å². The average molecular weight is 380 g/mol. The van der Waals surface area contributed by atoms with Gasteiger partial charge in [-0.1, -0.05) is 24.6 Å². The number of hydrogen-bond donors (Lipinski definition) is 1. The molecule has 2 heterocycles. The quantitative estimate of drug-likeness (QED) is 0.710. The van der Waals surface area contributed by atoms with Crippen molar-refractivity contribution >= 4 is 16.8 Å². The van der Waals surface area contributed by atoms with Crippen LogP contribution in [-0.2, 0) is 17.9 Å². The second-order valence-electron chi connectivity index (χ2n) is 6.73. The van der Waals surface area contributed by atoms with Gasteiger partial charge < -0.3 is 5.32 Å². The molecule has 1 atom stereocenters. The Morgan fingerprint density at radius 1 is 1.21 bits per heavy atom. The van der Waals surface area contributed by atoms with Gasteiger partial charge in [-0.25, -0.2) is 4.79 Å². The molecule has 0 saturated carbocycles. The molecule has 1 N–H and O–H groups in total. The van der Waals surface area contributed by atoms with Crippen molar-refractivity contribution in [2.45, 2.75) is 46.3 Å². The predicted molar refractivity (Wildman–Crippen MR) is 108 cm³/mol. The topological polar surface area (TPSA) is 86.0 Å². The number of amides is 1. The van der Waals surface area contributed by atoms with E-state index in [0.29, 0.717) is 23.9 Å². The van der Waals surface area contributed by atoms with Gasteiger partial charge in [0.05, 0.1) is 10.9 Å². The van der Waals surface area contributed by atoms with Gasteiger partial charge in [0.1, 0.15) is 6.04 Å². The highest BCUT2D eigenvalue weighted by atomic mass is 16.2. The van der Waals surface area contributed by atoms with E-state index < -0.39 is 11.7 Å². The molecule has 0 spiro atoms. The Morgan fingerprint density at radius 2 is 2.00 bits per heavy atom. The second-order valence-corrected chi connectivity index (χ2v) is 6.73. The maximum Gasteiger partial charge on any atom is 0.332 e. The van der Waals surface area contributed by atoms with E-state index in [9.17, 15) is 14.4 Å². The van der Waals surface area contributed by atoms with E-state index in [4.69, 9.17) is 0 Å². The summed E-state index contributed by atoms with van der Waals surface area (Å²) in [5.74, 6) is -0.267. The Hall–Kier alpha value is -3.22. The van der Waals surface area contributed by atoms with Crippen molar-refractivity contribution in [1.82, 2.24) is 19.4 Å². The predicted octanol–water partition coefficient (Wildman–Crippen LogP) is 2.15. The van der Waals surface area contributed by atoms with Gasteiger partial charge in [-0.15, -0.1) is 0 Å². The number of carbonyl (C=O) groups is 1. The summed E-state index contributed by atoms with van der Waals surface area (Å²) < 4.78 is 2.62. The van der Waals surface area contributed by atoms with Gasteiger partial charge in [0, 0.05) is 25.5 Å². The van der Waals surface area contributed by atoms with E-state index in [1.54, 1.807) is 37.5 Å². The average Bonchev–Trinajstić information content (AvgIpc) is 2.70. The SMILES string of the molecule is CCC(C(=O)NCc1cccnc1)n1c(=O)n(CC)c(=O)c2cc(C)ccc21. The molecule has 7 nitrogen and oxygen atoms in total. The van der Waals surface area contributed by atoms with E-state index >= 15 is 0 Å². The Balaban J connectivity index is 2.08. The Kier molecular flexibility index (Phi) is 5.73. The lowest BCUT2D eigenvalue weighted by Gasteiger charge is -2.21. The molecule has 146 valence electrons. The lowest BCUT2D eigenvalue weighted by Crippen LogP contribution is -2.44. The van der Waals surface area contributed by atoms with E-state index in [0.717, 1.165) is 11.1 Å². The fourth-order valence-corrected chi connectivity index (χ4v) is 3.37. The van der Waals surface area contributed by atoms with Crippen LogP contribution in [0.2, 0.25) is 0 Å². The number of carbonyl (C=O) groups excluding carboxylic acids is 1. The highest BCUT2D eigenvalue weighted by molar-refractivity contribution is 5.84. The number of nitrogens with one attached hydrogen (secondary N) is 1. The summed E-state index contributed by atoms with van der Waals surface area (Å²) in [6, 6.07) is 8.30. The molecule has 3 rings (SSSR count). The van der Waals surface area contributed by atoms with Crippen LogP contribution in [0.4, 0.5) is 0 Å². The smallest absolute Gasteiger partial charge is 0.332 e. The lowest BCUT2D eigenvalue weighted by atomic mass is 10.1. The van der Waals surface area contributed by atoms with Crippen LogP contribution in [0.25, 0.3) is 10.9 Å². The molecule has 0 fully saturated rings. The standard InChI is InChI=1S/C21H24N4O3/c1-4-17(19(26)23-13-15-7-6-10-22-12-15)25-18-9-8-14(3)11-16(18)20(27)24(5-2)21(25)28/h6-12,17H,4-5,13H2,1-3H3,(H,23,26). The Morgan fingerprint density at radius 3 is 2.64 bits per heavy atom. The van der Waals surface area contributed by atoms with Crippen molar-refractivity contribution < 1.29 is 4.79 Å². The third-order valence-electron chi connectivity index (χ3n) is 4.83. The van der Waals surface area contributed by atoms with E-state index in [-0.39, 0.29) is 18.0 Å². The van der Waals surface area contributed by atoms with Crippen molar-refractivity contribution in [2.24, 2.45) is 0 Å². The highest BCUT2D eigenvalue weighted by Crippen LogP contribution is 2.18. The minimum Gasteiger partial charge on any atom is -0.350 e. The second kappa shape index (κ2) is 8.21. The van der Waals surface area contributed by atoms with Gasteiger partial charge in [-0.3, -0.25) is 23.7 Å². The monoisotopic (exact) mass is 380 g/mol. The van der Waals surface area contributed by atoms with Crippen molar-refractivity contribution in [1.29, 1.82) is 0 Å². The molecule has 0 aliphatic heterocycles. The molecule has 2 aromatic heterocycles. The zero-order valence-electron chi connectivity index (χ0n) is 16.3. The molecular formula is C21H24N4O3. The molecule has 0 aliphatic carbocycles. The van der Waals surface area contributed by atoms with Gasteiger partial charge in [-0.05, 0) is 44.0 Å². The largest absolute Gasteiger partial charge is 0.350 e. The van der Waals surface area contributed by atoms with Crippen molar-refractivity contribution in [2.75, 3.05) is 0 Å². The molecule has 1 amide bonds. The van der Waals surface area contributed by atoms with Crippen LogP contribution < -0.4 is 16.6 Å². The minimum atomic E-state index is -0.715. The number of nitrogens with zero attached hydrogens (tertiary/aromatic N) is 3. The fraction of sp³-hybridized carbons (Fsp3) is 0.333. The maximum absolute atomic E-state index is 13.0. The first kappa shape index (κ1) is 19.5. The number of hydrogen-bond acceptors (Lipinski definition) is 4. The van der Waals surface area contributed by atoms with Crippen LogP contribution in [0.3, 0.4) is 0 Å². The van der Waals surface area contributed by atoms with E-state index in [2.05, 4.69) is 10.3 Å². The van der Waals surface area contributed by atoms with Crippen molar-refractivity contribution in [3.8, 4) is 0 Å². The number of rotatable bonds is 6. The third-order valence-corrected chi connectivity index (χ3v) is 4.83. The molecule has 3 aromatic rings. The van der Waals surface area contributed by atoms with Crippen molar-refractivity contribution in [3.05, 3.63) is 74.7 Å². The molecule has 0 radical (unpaired) electrons. The zero-order valence-corrected chi connectivity index (χ0v) is 16.3. The number of benzene rings is 1. The highest BCUT2D eigenvalue weighted by Gasteiger charge is 2.24. The first-order valence-corrected chi connectivity index (χ1v) is 9.40. The molecular weight excluding hydrogens is 356 g/mol. The first-order valence-electron chi connectivity index (χ1n) is 9.40. The summed E-state index contributed by atoms with van der Waals surface area (Å²) in [4.78, 5) is 42.7. The summed E-state index contributed by atoms with van der Waals surface area (Å²) in [5.41, 5.74) is 1.48. The van der Waals surface area contributed by atoms with Crippen LogP contribution in [0.1, 0.15) is 37.4 Å². The molecule has 0 aliphatic rings. The summed E-state index contributed by atoms with van der Waals surface area (Å²) in [5, 5.41) is 3.32. The third kappa shape index (κ3) is 3.60. The molecule has 1 aromatic carbocycles. The molecule has 0 bridgehead atoms. The fourth-order valence-electron chi connectivity index (χ4n) is 3.37. The molecule has 7 heteroatoms. The van der Waals surface area contributed by atoms with Crippen LogP contribution in [0, 0.1) is 6.92 Å². The lowest BCUT2D eigenvalue weighted by molar-refractivity contribution is -0.124. The van der Waals surface area contributed by atoms with Gasteiger partial charge in [0.2, 0.25) is 5.91 Å². The Bertz CT molecular complexity index is 1120. The van der Waals surface area contributed by atoms with Gasteiger partial charge in [0.15, 0.2) is 0 Å². The number of pyridine rings is 1. The number of aryl methyl sites for hydroxylation is 1. The van der Waals surface area contributed by atoms with Crippen LogP contribution in [0.15, 0.2) is 52.3 Å².